The highest BCUT2D eigenvalue weighted by atomic mass is 32.1. The Kier molecular flexibility index (Phi) is 6.40. The van der Waals surface area contributed by atoms with Crippen molar-refractivity contribution in [2.45, 2.75) is 59.8 Å². The van der Waals surface area contributed by atoms with E-state index in [4.69, 9.17) is 12.2 Å². The maximum absolute atomic E-state index is 5.49. The van der Waals surface area contributed by atoms with Gasteiger partial charge in [-0.3, -0.25) is 0 Å². The Labute approximate surface area is 119 Å². The van der Waals surface area contributed by atoms with E-state index >= 15 is 0 Å². The van der Waals surface area contributed by atoms with Crippen LogP contribution in [0.4, 0.5) is 0 Å². The van der Waals surface area contributed by atoms with Crippen LogP contribution in [-0.2, 0) is 0 Å². The summed E-state index contributed by atoms with van der Waals surface area (Å²) >= 11 is 5.49. The molecule has 1 fully saturated rings. The van der Waals surface area contributed by atoms with Crippen LogP contribution in [0.1, 0.15) is 59.8 Å². The lowest BCUT2D eigenvalue weighted by molar-refractivity contribution is 0.216. The van der Waals surface area contributed by atoms with Crippen LogP contribution in [0.15, 0.2) is 0 Å². The van der Waals surface area contributed by atoms with Crippen molar-refractivity contribution in [3.05, 3.63) is 0 Å². The number of hydrogen-bond donors (Lipinski definition) is 1. The number of nitrogens with zero attached hydrogens (tertiary/aromatic N) is 1. The molecule has 2 nitrogen and oxygen atoms in total. The molecule has 1 rings (SSSR count). The molecule has 0 aromatic rings. The number of rotatable bonds is 3. The molecule has 0 aromatic carbocycles. The van der Waals surface area contributed by atoms with Crippen LogP contribution in [0.25, 0.3) is 0 Å². The highest BCUT2D eigenvalue weighted by molar-refractivity contribution is 7.80. The van der Waals surface area contributed by atoms with Gasteiger partial charge in [-0.25, -0.2) is 0 Å². The van der Waals surface area contributed by atoms with Gasteiger partial charge in [0.25, 0.3) is 0 Å². The zero-order valence-corrected chi connectivity index (χ0v) is 13.4. The summed E-state index contributed by atoms with van der Waals surface area (Å²) in [5.74, 6) is 0.834. The average Bonchev–Trinajstić information content (AvgIpc) is 2.54. The predicted molar refractivity (Wildman–Crippen MR) is 83.9 cm³/mol. The van der Waals surface area contributed by atoms with E-state index in [2.05, 4.69) is 37.9 Å². The number of likely N-dealkylation sites (tertiary alicyclic amines) is 1. The van der Waals surface area contributed by atoms with E-state index in [-0.39, 0.29) is 0 Å². The van der Waals surface area contributed by atoms with Crippen molar-refractivity contribution in [2.75, 3.05) is 19.6 Å². The van der Waals surface area contributed by atoms with Crippen molar-refractivity contribution in [1.82, 2.24) is 10.2 Å². The molecule has 0 aliphatic carbocycles. The molecule has 0 amide bonds. The zero-order chi connectivity index (χ0) is 13.6. The van der Waals surface area contributed by atoms with E-state index in [9.17, 15) is 0 Å². The normalized spacial score (nSPS) is 21.6. The Morgan fingerprint density at radius 1 is 1.28 bits per heavy atom. The quantitative estimate of drug-likeness (QED) is 0.620. The highest BCUT2D eigenvalue weighted by Crippen LogP contribution is 2.34. The fourth-order valence-corrected chi connectivity index (χ4v) is 2.93. The van der Waals surface area contributed by atoms with Crippen LogP contribution >= 0.6 is 12.2 Å². The monoisotopic (exact) mass is 270 g/mol. The van der Waals surface area contributed by atoms with Gasteiger partial charge < -0.3 is 10.2 Å². The van der Waals surface area contributed by atoms with Gasteiger partial charge in [-0.05, 0) is 49.2 Å². The number of nitrogens with one attached hydrogen (secondary N) is 1. The van der Waals surface area contributed by atoms with Gasteiger partial charge in [0.15, 0.2) is 5.11 Å². The van der Waals surface area contributed by atoms with Gasteiger partial charge in [-0.15, -0.1) is 0 Å². The van der Waals surface area contributed by atoms with E-state index < -0.39 is 0 Å². The van der Waals surface area contributed by atoms with Crippen molar-refractivity contribution >= 4 is 17.3 Å². The van der Waals surface area contributed by atoms with E-state index in [0.29, 0.717) is 5.41 Å². The Hall–Kier alpha value is -0.310. The lowest BCUT2D eigenvalue weighted by Crippen LogP contribution is -2.40. The van der Waals surface area contributed by atoms with Crippen LogP contribution in [0.3, 0.4) is 0 Å². The molecule has 1 N–H and O–H groups in total. The van der Waals surface area contributed by atoms with Crippen LogP contribution < -0.4 is 5.32 Å². The molecule has 1 aliphatic rings. The molecule has 1 atom stereocenters. The molecular weight excluding hydrogens is 240 g/mol. The van der Waals surface area contributed by atoms with Crippen molar-refractivity contribution in [3.8, 4) is 0 Å². The fraction of sp³-hybridized carbons (Fsp3) is 0.933. The summed E-state index contributed by atoms with van der Waals surface area (Å²) in [4.78, 5) is 2.37. The molecular formula is C15H30N2S. The second kappa shape index (κ2) is 7.32. The summed E-state index contributed by atoms with van der Waals surface area (Å²) in [7, 11) is 0. The first kappa shape index (κ1) is 15.7. The number of thiocarbonyl (C=S) groups is 1. The summed E-state index contributed by atoms with van der Waals surface area (Å²) in [6, 6.07) is 0. The zero-order valence-electron chi connectivity index (χ0n) is 12.6. The molecule has 1 heterocycles. The summed E-state index contributed by atoms with van der Waals surface area (Å²) < 4.78 is 0. The molecule has 1 unspecified atom stereocenters. The van der Waals surface area contributed by atoms with Gasteiger partial charge in [0.2, 0.25) is 0 Å². The minimum Gasteiger partial charge on any atom is -0.363 e. The molecule has 106 valence electrons. The van der Waals surface area contributed by atoms with Gasteiger partial charge in [0.1, 0.15) is 0 Å². The van der Waals surface area contributed by atoms with Crippen molar-refractivity contribution < 1.29 is 0 Å². The third-order valence-corrected chi connectivity index (χ3v) is 4.45. The van der Waals surface area contributed by atoms with Gasteiger partial charge in [0.05, 0.1) is 0 Å². The molecule has 18 heavy (non-hydrogen) atoms. The van der Waals surface area contributed by atoms with Crippen molar-refractivity contribution in [3.63, 3.8) is 0 Å². The molecule has 0 saturated carbocycles. The van der Waals surface area contributed by atoms with E-state index in [0.717, 1.165) is 30.7 Å². The van der Waals surface area contributed by atoms with Gasteiger partial charge in [0, 0.05) is 19.6 Å². The molecule has 0 bridgehead atoms. The largest absolute Gasteiger partial charge is 0.363 e. The van der Waals surface area contributed by atoms with Gasteiger partial charge >= 0.3 is 0 Å². The minimum atomic E-state index is 0.438. The SMILES string of the molecule is CCCCNC(=S)N1CCCC(C(C)(C)C)CC1. The van der Waals surface area contributed by atoms with Crippen LogP contribution in [0, 0.1) is 11.3 Å². The van der Waals surface area contributed by atoms with Crippen molar-refractivity contribution in [1.29, 1.82) is 0 Å². The number of hydrogen-bond acceptors (Lipinski definition) is 1. The maximum Gasteiger partial charge on any atom is 0.168 e. The Morgan fingerprint density at radius 3 is 2.61 bits per heavy atom. The standard InChI is InChI=1S/C15H30N2S/c1-5-6-10-16-14(18)17-11-7-8-13(9-12-17)15(2,3)4/h13H,5-12H2,1-4H3,(H,16,18). The van der Waals surface area contributed by atoms with E-state index in [1.54, 1.807) is 0 Å². The second-order valence-corrected chi connectivity index (χ2v) is 6.95. The molecule has 3 heteroatoms. The summed E-state index contributed by atoms with van der Waals surface area (Å²) in [6.07, 6.45) is 6.33. The first-order chi connectivity index (χ1) is 8.45. The predicted octanol–water partition coefficient (Wildman–Crippen LogP) is 3.81. The third-order valence-electron chi connectivity index (χ3n) is 4.05. The highest BCUT2D eigenvalue weighted by Gasteiger charge is 2.27. The summed E-state index contributed by atoms with van der Waals surface area (Å²) in [6.45, 7) is 12.6. The second-order valence-electron chi connectivity index (χ2n) is 6.57. The molecule has 0 spiro atoms. The van der Waals surface area contributed by atoms with Crippen LogP contribution in [0.2, 0.25) is 0 Å². The molecule has 1 aliphatic heterocycles. The first-order valence-corrected chi connectivity index (χ1v) is 7.88. The molecule has 0 aromatic heterocycles. The lowest BCUT2D eigenvalue weighted by Gasteiger charge is -2.30. The average molecular weight is 270 g/mol. The summed E-state index contributed by atoms with van der Waals surface area (Å²) in [5.41, 5.74) is 0.438. The molecule has 1 saturated heterocycles. The maximum atomic E-state index is 5.49. The smallest absolute Gasteiger partial charge is 0.168 e. The molecule has 0 radical (unpaired) electrons. The fourth-order valence-electron chi connectivity index (χ4n) is 2.65. The Bertz CT molecular complexity index is 258. The first-order valence-electron chi connectivity index (χ1n) is 7.48. The Morgan fingerprint density at radius 2 is 2.00 bits per heavy atom. The lowest BCUT2D eigenvalue weighted by atomic mass is 9.77. The minimum absolute atomic E-state index is 0.438. The van der Waals surface area contributed by atoms with E-state index in [1.807, 2.05) is 0 Å². The topological polar surface area (TPSA) is 15.3 Å². The van der Waals surface area contributed by atoms with Crippen LogP contribution in [-0.4, -0.2) is 29.6 Å². The summed E-state index contributed by atoms with van der Waals surface area (Å²) in [5, 5.41) is 4.36. The van der Waals surface area contributed by atoms with Crippen LogP contribution in [0.5, 0.6) is 0 Å². The van der Waals surface area contributed by atoms with Gasteiger partial charge in [-0.1, -0.05) is 34.1 Å². The number of unbranched alkanes of at least 4 members (excludes halogenated alkanes) is 1. The third kappa shape index (κ3) is 5.13. The van der Waals surface area contributed by atoms with Crippen molar-refractivity contribution in [2.24, 2.45) is 11.3 Å². The Balaban J connectivity index is 2.39. The van der Waals surface area contributed by atoms with E-state index in [1.165, 1.54) is 32.1 Å². The van der Waals surface area contributed by atoms with Gasteiger partial charge in [-0.2, -0.15) is 0 Å².